The molecule has 39 heavy (non-hydrogen) atoms. The number of phenolic OH excluding ortho intramolecular Hbond substituents is 2. The number of aliphatic imine (C=N–C) groups is 2. The fraction of sp³-hybridized carbons (Fsp3) is 0.500. The molecule has 1 radical (unpaired) electrons. The van der Waals surface area contributed by atoms with Crippen LogP contribution in [-0.4, -0.2) is 47.9 Å². The van der Waals surface area contributed by atoms with E-state index in [0.717, 1.165) is 25.7 Å². The minimum Gasteiger partial charge on any atom is -0.504 e. The standard InChI is InChI=1S/C28H34Cl4N2O4.Co/c1-15(2)13-37-23-9-19(29)25(31)17(27(23)35)11-33-21-7-5-6-8-22(21)34-12-18-26(32)20(30)10-24(28(18)36)38-14-16(3)4;/h9-12,15-16,21-22,35-36H,5-8,13-14H2,1-4H3;/t21-,22-;/m0./s1. The van der Waals surface area contributed by atoms with Crippen molar-refractivity contribution in [2.75, 3.05) is 13.2 Å². The van der Waals surface area contributed by atoms with Gasteiger partial charge in [0, 0.05) is 41.3 Å². The van der Waals surface area contributed by atoms with Crippen LogP contribution < -0.4 is 9.47 Å². The van der Waals surface area contributed by atoms with E-state index < -0.39 is 0 Å². The van der Waals surface area contributed by atoms with Crippen LogP contribution in [0.15, 0.2) is 22.1 Å². The molecular formula is C28H34Cl4CoN2O4. The van der Waals surface area contributed by atoms with E-state index >= 15 is 0 Å². The van der Waals surface area contributed by atoms with Crippen molar-refractivity contribution in [2.24, 2.45) is 21.8 Å². The zero-order chi connectivity index (χ0) is 28.0. The molecule has 0 bridgehead atoms. The van der Waals surface area contributed by atoms with Crippen LogP contribution in [-0.2, 0) is 16.8 Å². The van der Waals surface area contributed by atoms with Crippen LogP contribution in [0.25, 0.3) is 0 Å². The Balaban J connectivity index is 0.00000533. The van der Waals surface area contributed by atoms with Gasteiger partial charge in [0.1, 0.15) is 0 Å². The van der Waals surface area contributed by atoms with Crippen molar-refractivity contribution in [3.05, 3.63) is 43.4 Å². The van der Waals surface area contributed by atoms with E-state index in [2.05, 4.69) is 0 Å². The van der Waals surface area contributed by atoms with E-state index in [4.69, 9.17) is 65.9 Å². The Morgan fingerprint density at radius 2 is 1.13 bits per heavy atom. The average Bonchev–Trinajstić information content (AvgIpc) is 2.87. The van der Waals surface area contributed by atoms with Gasteiger partial charge >= 0.3 is 0 Å². The average molecular weight is 663 g/mol. The zero-order valence-corrected chi connectivity index (χ0v) is 26.4. The minimum absolute atomic E-state index is 0. The summed E-state index contributed by atoms with van der Waals surface area (Å²) in [6, 6.07) is 2.66. The Hall–Kier alpha value is -1.35. The van der Waals surface area contributed by atoms with E-state index in [1.807, 2.05) is 27.7 Å². The van der Waals surface area contributed by atoms with Gasteiger partial charge in [0.25, 0.3) is 0 Å². The Morgan fingerprint density at radius 3 is 1.46 bits per heavy atom. The molecule has 6 nitrogen and oxygen atoms in total. The van der Waals surface area contributed by atoms with Crippen molar-refractivity contribution in [3.8, 4) is 23.0 Å². The van der Waals surface area contributed by atoms with Crippen molar-refractivity contribution in [1.82, 2.24) is 0 Å². The monoisotopic (exact) mass is 661 g/mol. The maximum Gasteiger partial charge on any atom is 0.168 e. The Bertz CT molecular complexity index is 1100. The van der Waals surface area contributed by atoms with Gasteiger partial charge in [-0.05, 0) is 24.7 Å². The number of halogens is 4. The van der Waals surface area contributed by atoms with Crippen LogP contribution in [0.1, 0.15) is 64.5 Å². The molecule has 11 heteroatoms. The third kappa shape index (κ3) is 9.07. The molecule has 2 aromatic rings. The summed E-state index contributed by atoms with van der Waals surface area (Å²) < 4.78 is 11.4. The van der Waals surface area contributed by atoms with Gasteiger partial charge in [0.15, 0.2) is 23.0 Å². The second kappa shape index (κ2) is 15.6. The van der Waals surface area contributed by atoms with Crippen molar-refractivity contribution in [2.45, 2.75) is 65.5 Å². The first-order chi connectivity index (χ1) is 18.0. The van der Waals surface area contributed by atoms with Crippen molar-refractivity contribution in [1.29, 1.82) is 0 Å². The molecule has 1 aliphatic rings. The van der Waals surface area contributed by atoms with E-state index in [1.165, 1.54) is 24.6 Å². The number of hydrogen-bond acceptors (Lipinski definition) is 6. The Morgan fingerprint density at radius 1 is 0.769 bits per heavy atom. The second-order valence-electron chi connectivity index (χ2n) is 10.3. The van der Waals surface area contributed by atoms with Crippen LogP contribution in [0.2, 0.25) is 20.1 Å². The van der Waals surface area contributed by atoms with E-state index in [-0.39, 0.29) is 83.8 Å². The maximum absolute atomic E-state index is 10.8. The molecule has 1 saturated carbocycles. The molecule has 0 aromatic heterocycles. The van der Waals surface area contributed by atoms with Crippen LogP contribution in [0.3, 0.4) is 0 Å². The number of benzene rings is 2. The topological polar surface area (TPSA) is 83.6 Å². The zero-order valence-electron chi connectivity index (χ0n) is 22.3. The number of nitrogens with zero attached hydrogens (tertiary/aromatic N) is 2. The van der Waals surface area contributed by atoms with Gasteiger partial charge < -0.3 is 19.7 Å². The molecule has 0 heterocycles. The third-order valence-electron chi connectivity index (χ3n) is 6.01. The van der Waals surface area contributed by atoms with E-state index in [0.29, 0.717) is 24.3 Å². The summed E-state index contributed by atoms with van der Waals surface area (Å²) in [6.45, 7) is 8.88. The van der Waals surface area contributed by atoms with Crippen LogP contribution >= 0.6 is 46.4 Å². The molecule has 0 unspecified atom stereocenters. The smallest absolute Gasteiger partial charge is 0.168 e. The van der Waals surface area contributed by atoms with Gasteiger partial charge in [-0.2, -0.15) is 0 Å². The predicted molar refractivity (Wildman–Crippen MR) is 158 cm³/mol. The summed E-state index contributed by atoms with van der Waals surface area (Å²) in [4.78, 5) is 9.46. The van der Waals surface area contributed by atoms with Gasteiger partial charge in [-0.15, -0.1) is 0 Å². The van der Waals surface area contributed by atoms with Crippen molar-refractivity contribution >= 4 is 58.8 Å². The van der Waals surface area contributed by atoms with Gasteiger partial charge in [0.2, 0.25) is 0 Å². The molecular weight excluding hydrogens is 629 g/mol. The number of phenols is 2. The van der Waals surface area contributed by atoms with E-state index in [9.17, 15) is 10.2 Å². The van der Waals surface area contributed by atoms with Crippen LogP contribution in [0.4, 0.5) is 0 Å². The summed E-state index contributed by atoms with van der Waals surface area (Å²) in [6.07, 6.45) is 6.64. The molecule has 0 aliphatic heterocycles. The van der Waals surface area contributed by atoms with Crippen molar-refractivity contribution in [3.63, 3.8) is 0 Å². The van der Waals surface area contributed by atoms with Crippen LogP contribution in [0.5, 0.6) is 23.0 Å². The number of hydrogen-bond donors (Lipinski definition) is 2. The molecule has 2 atom stereocenters. The largest absolute Gasteiger partial charge is 0.504 e. The van der Waals surface area contributed by atoms with Gasteiger partial charge in [0.05, 0.1) is 56.5 Å². The summed E-state index contributed by atoms with van der Waals surface area (Å²) in [7, 11) is 0. The molecule has 217 valence electrons. The van der Waals surface area contributed by atoms with Gasteiger partial charge in [-0.1, -0.05) is 86.9 Å². The summed E-state index contributed by atoms with van der Waals surface area (Å²) in [5.74, 6) is 0.844. The van der Waals surface area contributed by atoms with Gasteiger partial charge in [-0.25, -0.2) is 0 Å². The summed E-state index contributed by atoms with van der Waals surface area (Å²) in [5.41, 5.74) is 0.599. The summed E-state index contributed by atoms with van der Waals surface area (Å²) >= 11 is 25.4. The molecule has 2 aromatic carbocycles. The molecule has 2 N–H and O–H groups in total. The van der Waals surface area contributed by atoms with E-state index in [1.54, 1.807) is 0 Å². The normalized spacial score (nSPS) is 17.8. The predicted octanol–water partition coefficient (Wildman–Crippen LogP) is 8.63. The number of aromatic hydroxyl groups is 2. The van der Waals surface area contributed by atoms with Gasteiger partial charge in [-0.3, -0.25) is 9.98 Å². The quantitative estimate of drug-likeness (QED) is 0.250. The third-order valence-corrected chi connectivity index (χ3v) is 7.62. The minimum atomic E-state index is -0.175. The fourth-order valence-electron chi connectivity index (χ4n) is 3.97. The molecule has 3 rings (SSSR count). The van der Waals surface area contributed by atoms with Crippen LogP contribution in [0, 0.1) is 11.8 Å². The second-order valence-corrected chi connectivity index (χ2v) is 11.8. The number of ether oxygens (including phenoxy) is 2. The number of rotatable bonds is 10. The fourth-order valence-corrected chi connectivity index (χ4v) is 4.76. The first-order valence-electron chi connectivity index (χ1n) is 12.7. The summed E-state index contributed by atoms with van der Waals surface area (Å²) in [5, 5.41) is 22.5. The molecule has 0 amide bonds. The Labute approximate surface area is 260 Å². The molecule has 1 fully saturated rings. The SMILES string of the molecule is CC(C)COc1cc(Cl)c(Cl)c(C=N[C@H]2CCCC[C@@H]2N=Cc2c(O)c(OCC(C)C)cc(Cl)c2Cl)c1O.[Co]. The molecule has 0 saturated heterocycles. The molecule has 1 aliphatic carbocycles. The first kappa shape index (κ1) is 33.9. The molecule has 0 spiro atoms. The Kier molecular flexibility index (Phi) is 13.5. The van der Waals surface area contributed by atoms with Crippen molar-refractivity contribution < 1.29 is 36.5 Å². The first-order valence-corrected chi connectivity index (χ1v) is 14.2. The maximum atomic E-state index is 10.8.